The second-order valence-electron chi connectivity index (χ2n) is 3.43. The number of aliphatic carboxylic acids is 1. The third-order valence-electron chi connectivity index (χ3n) is 1.95. The number of carbonyl (C=O) groups is 1. The summed E-state index contributed by atoms with van der Waals surface area (Å²) in [5.41, 5.74) is 5.34. The maximum absolute atomic E-state index is 10.3. The monoisotopic (exact) mass is 205 g/mol. The molecule has 0 spiro atoms. The highest BCUT2D eigenvalue weighted by molar-refractivity contribution is 7.80. The first-order valence-corrected chi connectivity index (χ1v) is 5.22. The Morgan fingerprint density at radius 2 is 1.92 bits per heavy atom. The molecule has 0 aliphatic carbocycles. The minimum absolute atomic E-state index is 0.438. The van der Waals surface area contributed by atoms with Gasteiger partial charge in [0.1, 0.15) is 6.04 Å². The molecule has 2 atom stereocenters. The standard InChI is InChI=1S/C9H19NO2S/c1-7(13)5-3-2-4-6-8(10)9(11)12/h7-8,13H,2-6,10H2,1H3,(H,11,12). The predicted molar refractivity (Wildman–Crippen MR) is 57.1 cm³/mol. The number of carboxylic acids is 1. The second kappa shape index (κ2) is 7.21. The lowest BCUT2D eigenvalue weighted by Gasteiger charge is -2.06. The van der Waals surface area contributed by atoms with E-state index in [1.807, 2.05) is 0 Å². The molecule has 0 saturated heterocycles. The van der Waals surface area contributed by atoms with Gasteiger partial charge in [-0.1, -0.05) is 26.2 Å². The lowest BCUT2D eigenvalue weighted by Crippen LogP contribution is -2.29. The Morgan fingerprint density at radius 1 is 1.38 bits per heavy atom. The number of hydrogen-bond acceptors (Lipinski definition) is 3. The molecular weight excluding hydrogens is 186 g/mol. The van der Waals surface area contributed by atoms with Gasteiger partial charge in [0, 0.05) is 0 Å². The molecule has 0 aromatic rings. The molecular formula is C9H19NO2S. The molecule has 0 fully saturated rings. The summed E-state index contributed by atoms with van der Waals surface area (Å²) in [5.74, 6) is -0.900. The zero-order valence-corrected chi connectivity index (χ0v) is 8.96. The first-order valence-electron chi connectivity index (χ1n) is 4.70. The van der Waals surface area contributed by atoms with E-state index in [9.17, 15) is 4.79 Å². The molecule has 3 nitrogen and oxygen atoms in total. The van der Waals surface area contributed by atoms with Crippen molar-refractivity contribution < 1.29 is 9.90 Å². The highest BCUT2D eigenvalue weighted by Crippen LogP contribution is 2.09. The van der Waals surface area contributed by atoms with Gasteiger partial charge in [0.25, 0.3) is 0 Å². The molecule has 0 aromatic heterocycles. The SMILES string of the molecule is CC(S)CCCCCC(N)C(=O)O. The Morgan fingerprint density at radius 3 is 2.38 bits per heavy atom. The summed E-state index contributed by atoms with van der Waals surface area (Å²) in [6.07, 6.45) is 4.72. The van der Waals surface area contributed by atoms with Crippen molar-refractivity contribution in [2.75, 3.05) is 0 Å². The average molecular weight is 205 g/mol. The summed E-state index contributed by atoms with van der Waals surface area (Å²) in [6, 6.07) is -0.687. The van der Waals surface area contributed by atoms with Gasteiger partial charge in [-0.25, -0.2) is 0 Å². The van der Waals surface area contributed by atoms with Crippen LogP contribution in [0.4, 0.5) is 0 Å². The summed E-state index contributed by atoms with van der Waals surface area (Å²) in [7, 11) is 0. The maximum Gasteiger partial charge on any atom is 0.320 e. The first kappa shape index (κ1) is 12.8. The fraction of sp³-hybridized carbons (Fsp3) is 0.889. The normalized spacial score (nSPS) is 15.3. The number of thiol groups is 1. The highest BCUT2D eigenvalue weighted by atomic mass is 32.1. The van der Waals surface area contributed by atoms with Crippen LogP contribution >= 0.6 is 12.6 Å². The molecule has 0 bridgehead atoms. The summed E-state index contributed by atoms with van der Waals surface area (Å²) in [5, 5.41) is 8.93. The van der Waals surface area contributed by atoms with Crippen molar-refractivity contribution in [3.8, 4) is 0 Å². The first-order chi connectivity index (χ1) is 6.04. The Kier molecular flexibility index (Phi) is 7.09. The van der Waals surface area contributed by atoms with Crippen LogP contribution in [0.1, 0.15) is 39.0 Å². The van der Waals surface area contributed by atoms with E-state index in [1.165, 1.54) is 0 Å². The van der Waals surface area contributed by atoms with Crippen molar-refractivity contribution >= 4 is 18.6 Å². The van der Waals surface area contributed by atoms with Gasteiger partial charge in [-0.05, 0) is 18.1 Å². The fourth-order valence-electron chi connectivity index (χ4n) is 1.10. The van der Waals surface area contributed by atoms with Crippen LogP contribution in [0.5, 0.6) is 0 Å². The van der Waals surface area contributed by atoms with E-state index in [1.54, 1.807) is 0 Å². The molecule has 0 aliphatic rings. The van der Waals surface area contributed by atoms with Gasteiger partial charge >= 0.3 is 5.97 Å². The van der Waals surface area contributed by atoms with Crippen LogP contribution in [-0.2, 0) is 4.79 Å². The van der Waals surface area contributed by atoms with Gasteiger partial charge in [0.2, 0.25) is 0 Å². The van der Waals surface area contributed by atoms with Crippen molar-refractivity contribution in [3.63, 3.8) is 0 Å². The van der Waals surface area contributed by atoms with E-state index in [-0.39, 0.29) is 0 Å². The van der Waals surface area contributed by atoms with Crippen molar-refractivity contribution in [2.24, 2.45) is 5.73 Å². The summed E-state index contributed by atoms with van der Waals surface area (Å²) >= 11 is 4.25. The summed E-state index contributed by atoms with van der Waals surface area (Å²) in [6.45, 7) is 2.06. The number of nitrogens with two attached hydrogens (primary N) is 1. The molecule has 0 amide bonds. The zero-order chi connectivity index (χ0) is 10.3. The van der Waals surface area contributed by atoms with Crippen LogP contribution < -0.4 is 5.73 Å². The van der Waals surface area contributed by atoms with Gasteiger partial charge in [-0.15, -0.1) is 0 Å². The molecule has 0 heterocycles. The molecule has 0 aliphatic heterocycles. The van der Waals surface area contributed by atoms with Crippen molar-refractivity contribution in [1.82, 2.24) is 0 Å². The molecule has 4 heteroatoms. The van der Waals surface area contributed by atoms with Crippen molar-refractivity contribution in [3.05, 3.63) is 0 Å². The molecule has 0 rings (SSSR count). The zero-order valence-electron chi connectivity index (χ0n) is 8.07. The average Bonchev–Trinajstić information content (AvgIpc) is 2.02. The summed E-state index contributed by atoms with van der Waals surface area (Å²) in [4.78, 5) is 10.3. The molecule has 0 saturated carbocycles. The van der Waals surface area contributed by atoms with Crippen molar-refractivity contribution in [1.29, 1.82) is 0 Å². The van der Waals surface area contributed by atoms with E-state index in [4.69, 9.17) is 10.8 Å². The third-order valence-corrected chi connectivity index (χ3v) is 2.21. The third kappa shape index (κ3) is 8.12. The quantitative estimate of drug-likeness (QED) is 0.437. The van der Waals surface area contributed by atoms with Crippen LogP contribution in [0.2, 0.25) is 0 Å². The predicted octanol–water partition coefficient (Wildman–Crippen LogP) is 1.67. The van der Waals surface area contributed by atoms with E-state index in [0.717, 1.165) is 25.7 Å². The molecule has 3 N–H and O–H groups in total. The Bertz CT molecular complexity index is 151. The lowest BCUT2D eigenvalue weighted by molar-refractivity contribution is -0.138. The molecule has 0 radical (unpaired) electrons. The Balaban J connectivity index is 3.21. The van der Waals surface area contributed by atoms with Gasteiger partial charge < -0.3 is 10.8 Å². The van der Waals surface area contributed by atoms with Crippen LogP contribution in [0.25, 0.3) is 0 Å². The van der Waals surface area contributed by atoms with E-state index in [0.29, 0.717) is 11.7 Å². The van der Waals surface area contributed by atoms with Crippen LogP contribution in [0.15, 0.2) is 0 Å². The van der Waals surface area contributed by atoms with Crippen LogP contribution in [0, 0.1) is 0 Å². The smallest absolute Gasteiger partial charge is 0.320 e. The fourth-order valence-corrected chi connectivity index (χ4v) is 1.29. The van der Waals surface area contributed by atoms with Gasteiger partial charge in [-0.2, -0.15) is 12.6 Å². The summed E-state index contributed by atoms with van der Waals surface area (Å²) < 4.78 is 0. The van der Waals surface area contributed by atoms with Gasteiger partial charge in [0.05, 0.1) is 0 Å². The number of carboxylic acid groups (broad SMARTS) is 1. The topological polar surface area (TPSA) is 63.3 Å². The van der Waals surface area contributed by atoms with Crippen LogP contribution in [-0.4, -0.2) is 22.4 Å². The lowest BCUT2D eigenvalue weighted by atomic mass is 10.1. The molecule has 78 valence electrons. The molecule has 0 aromatic carbocycles. The second-order valence-corrected chi connectivity index (χ2v) is 4.31. The largest absolute Gasteiger partial charge is 0.480 e. The van der Waals surface area contributed by atoms with Crippen LogP contribution in [0.3, 0.4) is 0 Å². The van der Waals surface area contributed by atoms with E-state index >= 15 is 0 Å². The number of hydrogen-bond donors (Lipinski definition) is 3. The minimum Gasteiger partial charge on any atom is -0.480 e. The van der Waals surface area contributed by atoms with Crippen molar-refractivity contribution in [2.45, 2.75) is 50.3 Å². The molecule has 2 unspecified atom stereocenters. The maximum atomic E-state index is 10.3. The minimum atomic E-state index is -0.900. The Labute approximate surface area is 85.1 Å². The van der Waals surface area contributed by atoms with E-state index < -0.39 is 12.0 Å². The van der Waals surface area contributed by atoms with Gasteiger partial charge in [0.15, 0.2) is 0 Å². The number of rotatable bonds is 7. The highest BCUT2D eigenvalue weighted by Gasteiger charge is 2.09. The van der Waals surface area contributed by atoms with E-state index in [2.05, 4.69) is 19.6 Å². The molecule has 13 heavy (non-hydrogen) atoms. The number of unbranched alkanes of at least 4 members (excludes halogenated alkanes) is 2. The van der Waals surface area contributed by atoms with Gasteiger partial charge in [-0.3, -0.25) is 4.79 Å². The Hall–Kier alpha value is -0.220.